The van der Waals surface area contributed by atoms with Crippen LogP contribution in [-0.2, 0) is 0 Å². The Balaban J connectivity index is 0.000000423. The van der Waals surface area contributed by atoms with Crippen LogP contribution in [0.5, 0.6) is 11.5 Å². The van der Waals surface area contributed by atoms with Crippen molar-refractivity contribution in [3.05, 3.63) is 23.3 Å². The number of aromatic hydroxyl groups is 1. The average Bonchev–Trinajstić information content (AvgIpc) is 2.14. The Kier molecular flexibility index (Phi) is 5.01. The van der Waals surface area contributed by atoms with Crippen molar-refractivity contribution in [3.63, 3.8) is 0 Å². The maximum Gasteiger partial charge on any atom is 0.503 e. The van der Waals surface area contributed by atoms with Gasteiger partial charge in [0.15, 0.2) is 0 Å². The molecule has 1 aromatic rings. The molecule has 15 heavy (non-hydrogen) atoms. The minimum absolute atomic E-state index is 0.323. The average molecular weight is 214 g/mol. The van der Waals surface area contributed by atoms with Crippen LogP contribution in [0.3, 0.4) is 0 Å². The lowest BCUT2D eigenvalue weighted by molar-refractivity contribution is 0.137. The van der Waals surface area contributed by atoms with Crippen molar-refractivity contribution in [2.24, 2.45) is 0 Å². The van der Waals surface area contributed by atoms with Gasteiger partial charge in [-0.3, -0.25) is 0 Å². The van der Waals surface area contributed by atoms with Crippen LogP contribution >= 0.6 is 0 Å². The Labute approximate surface area is 87.6 Å². The molecule has 84 valence electrons. The van der Waals surface area contributed by atoms with Crippen LogP contribution < -0.4 is 4.74 Å². The van der Waals surface area contributed by atoms with Gasteiger partial charge in [0.2, 0.25) is 0 Å². The van der Waals surface area contributed by atoms with E-state index >= 15 is 0 Å². The number of hydrogen-bond donors (Lipinski definition) is 3. The molecule has 0 atom stereocenters. The molecular formula is C10H14O5. The molecule has 0 unspecified atom stereocenters. The summed E-state index contributed by atoms with van der Waals surface area (Å²) in [6.45, 7) is 3.79. The zero-order valence-corrected chi connectivity index (χ0v) is 8.81. The van der Waals surface area contributed by atoms with Crippen molar-refractivity contribution in [3.8, 4) is 11.5 Å². The van der Waals surface area contributed by atoms with Crippen molar-refractivity contribution < 1.29 is 24.9 Å². The number of carboxylic acid groups (broad SMARTS) is 2. The van der Waals surface area contributed by atoms with Crippen LogP contribution in [0.1, 0.15) is 11.1 Å². The summed E-state index contributed by atoms with van der Waals surface area (Å²) in [6, 6.07) is 3.40. The first-order valence-corrected chi connectivity index (χ1v) is 4.15. The standard InChI is InChI=1S/C9H12O2.CH2O3/c1-6-7(2)9(11-3)5-4-8(6)10;2-1(3)4/h4-5,10H,1-3H3;(H2,2,3,4). The topological polar surface area (TPSA) is 87.0 Å². The van der Waals surface area contributed by atoms with Gasteiger partial charge in [-0.1, -0.05) is 0 Å². The zero-order valence-electron chi connectivity index (χ0n) is 8.81. The van der Waals surface area contributed by atoms with E-state index in [0.717, 1.165) is 16.9 Å². The summed E-state index contributed by atoms with van der Waals surface area (Å²) in [7, 11) is 1.62. The monoisotopic (exact) mass is 214 g/mol. The molecule has 1 aromatic carbocycles. The fourth-order valence-corrected chi connectivity index (χ4v) is 1.00. The summed E-state index contributed by atoms with van der Waals surface area (Å²) >= 11 is 0. The van der Waals surface area contributed by atoms with E-state index in [-0.39, 0.29) is 0 Å². The van der Waals surface area contributed by atoms with E-state index in [1.54, 1.807) is 19.2 Å². The smallest absolute Gasteiger partial charge is 0.503 e. The first kappa shape index (κ1) is 13.1. The van der Waals surface area contributed by atoms with E-state index in [9.17, 15) is 5.11 Å². The summed E-state index contributed by atoms with van der Waals surface area (Å²) in [5.74, 6) is 1.14. The first-order valence-electron chi connectivity index (χ1n) is 4.15. The van der Waals surface area contributed by atoms with Crippen molar-refractivity contribution in [1.29, 1.82) is 0 Å². The Morgan fingerprint density at radius 3 is 2.07 bits per heavy atom. The molecule has 3 N–H and O–H groups in total. The van der Waals surface area contributed by atoms with Crippen molar-refractivity contribution in [2.75, 3.05) is 7.11 Å². The molecule has 0 radical (unpaired) electrons. The maximum absolute atomic E-state index is 9.26. The Morgan fingerprint density at radius 2 is 1.67 bits per heavy atom. The van der Waals surface area contributed by atoms with Gasteiger partial charge < -0.3 is 20.1 Å². The maximum atomic E-state index is 9.26. The van der Waals surface area contributed by atoms with Gasteiger partial charge in [-0.05, 0) is 37.1 Å². The second kappa shape index (κ2) is 5.74. The molecule has 0 aliphatic rings. The van der Waals surface area contributed by atoms with Crippen LogP contribution in [0, 0.1) is 13.8 Å². The molecule has 5 nitrogen and oxygen atoms in total. The van der Waals surface area contributed by atoms with Gasteiger partial charge in [0.1, 0.15) is 11.5 Å². The van der Waals surface area contributed by atoms with Gasteiger partial charge in [0, 0.05) is 0 Å². The molecule has 0 aliphatic heterocycles. The van der Waals surface area contributed by atoms with Crippen molar-refractivity contribution >= 4 is 6.16 Å². The molecule has 0 heterocycles. The van der Waals surface area contributed by atoms with E-state index in [1.807, 2.05) is 13.8 Å². The third-order valence-electron chi connectivity index (χ3n) is 1.93. The van der Waals surface area contributed by atoms with E-state index in [4.69, 9.17) is 19.7 Å². The quantitative estimate of drug-likeness (QED) is 0.667. The normalized spacial score (nSPS) is 8.73. The molecule has 0 fully saturated rings. The number of phenols is 1. The highest BCUT2D eigenvalue weighted by molar-refractivity contribution is 5.53. The van der Waals surface area contributed by atoms with Gasteiger partial charge in [0.05, 0.1) is 7.11 Å². The van der Waals surface area contributed by atoms with Gasteiger partial charge in [-0.15, -0.1) is 0 Å². The number of hydrogen-bond acceptors (Lipinski definition) is 3. The highest BCUT2D eigenvalue weighted by atomic mass is 16.6. The lowest BCUT2D eigenvalue weighted by Crippen LogP contribution is -1.89. The number of ether oxygens (including phenoxy) is 1. The zero-order chi connectivity index (χ0) is 12.0. The van der Waals surface area contributed by atoms with Crippen molar-refractivity contribution in [1.82, 2.24) is 0 Å². The minimum Gasteiger partial charge on any atom is -0.508 e. The minimum atomic E-state index is -1.83. The van der Waals surface area contributed by atoms with Gasteiger partial charge in [-0.25, -0.2) is 4.79 Å². The van der Waals surface area contributed by atoms with Crippen LogP contribution in [0.4, 0.5) is 4.79 Å². The molecule has 0 spiro atoms. The largest absolute Gasteiger partial charge is 0.508 e. The number of benzene rings is 1. The molecule has 0 bridgehead atoms. The summed E-state index contributed by atoms with van der Waals surface area (Å²) in [5.41, 5.74) is 1.87. The van der Waals surface area contributed by atoms with Crippen LogP contribution in [-0.4, -0.2) is 28.6 Å². The second-order valence-electron chi connectivity index (χ2n) is 2.82. The molecule has 0 amide bonds. The molecule has 0 saturated heterocycles. The second-order valence-corrected chi connectivity index (χ2v) is 2.82. The molecule has 0 aliphatic carbocycles. The van der Waals surface area contributed by atoms with E-state index in [1.165, 1.54) is 0 Å². The lowest BCUT2D eigenvalue weighted by Gasteiger charge is -2.07. The number of phenolic OH excluding ortho intramolecular Hbond substituents is 1. The highest BCUT2D eigenvalue weighted by Gasteiger charge is 2.03. The highest BCUT2D eigenvalue weighted by Crippen LogP contribution is 2.27. The van der Waals surface area contributed by atoms with Crippen LogP contribution in [0.25, 0.3) is 0 Å². The number of rotatable bonds is 1. The number of carbonyl (C=O) groups is 1. The summed E-state index contributed by atoms with van der Waals surface area (Å²) < 4.78 is 5.07. The van der Waals surface area contributed by atoms with E-state index < -0.39 is 6.16 Å². The van der Waals surface area contributed by atoms with Crippen LogP contribution in [0.15, 0.2) is 12.1 Å². The Morgan fingerprint density at radius 1 is 1.20 bits per heavy atom. The molecular weight excluding hydrogens is 200 g/mol. The third kappa shape index (κ3) is 4.21. The fraction of sp³-hybridized carbons (Fsp3) is 0.300. The molecule has 0 aromatic heterocycles. The van der Waals surface area contributed by atoms with Gasteiger partial charge in [0.25, 0.3) is 0 Å². The van der Waals surface area contributed by atoms with Gasteiger partial charge >= 0.3 is 6.16 Å². The molecule has 1 rings (SSSR count). The Hall–Kier alpha value is -1.91. The predicted octanol–water partition coefficient (Wildman–Crippen LogP) is 2.24. The molecule has 5 heteroatoms. The first-order chi connectivity index (χ1) is 6.90. The summed E-state index contributed by atoms with van der Waals surface area (Å²) in [6.07, 6.45) is -1.83. The summed E-state index contributed by atoms with van der Waals surface area (Å²) in [5, 5.41) is 23.2. The van der Waals surface area contributed by atoms with E-state index in [2.05, 4.69) is 0 Å². The summed E-state index contributed by atoms with van der Waals surface area (Å²) in [4.78, 5) is 8.56. The fourth-order valence-electron chi connectivity index (χ4n) is 1.00. The number of methoxy groups -OCH3 is 1. The Bertz CT molecular complexity index is 342. The van der Waals surface area contributed by atoms with E-state index in [0.29, 0.717) is 5.75 Å². The predicted molar refractivity (Wildman–Crippen MR) is 54.8 cm³/mol. The van der Waals surface area contributed by atoms with Crippen molar-refractivity contribution in [2.45, 2.75) is 13.8 Å². The van der Waals surface area contributed by atoms with Gasteiger partial charge in [-0.2, -0.15) is 0 Å². The van der Waals surface area contributed by atoms with Crippen LogP contribution in [0.2, 0.25) is 0 Å². The third-order valence-corrected chi connectivity index (χ3v) is 1.93. The molecule has 0 saturated carbocycles. The SMILES string of the molecule is COc1ccc(O)c(C)c1C.O=C(O)O. The lowest BCUT2D eigenvalue weighted by atomic mass is 10.1.